The van der Waals surface area contributed by atoms with Gasteiger partial charge in [-0.3, -0.25) is 14.5 Å². The number of imide groups is 1. The third-order valence-corrected chi connectivity index (χ3v) is 5.25. The summed E-state index contributed by atoms with van der Waals surface area (Å²) in [6, 6.07) is 1.46. The van der Waals surface area contributed by atoms with Crippen LogP contribution in [0.25, 0.3) is 0 Å². The first-order valence-corrected chi connectivity index (χ1v) is 8.72. The van der Waals surface area contributed by atoms with Crippen LogP contribution in [0.4, 0.5) is 0 Å². The average Bonchev–Trinajstić information content (AvgIpc) is 3.08. The van der Waals surface area contributed by atoms with Crippen LogP contribution in [0, 0.1) is 0 Å². The smallest absolute Gasteiger partial charge is 0.329 e. The Balaban J connectivity index is 1.77. The minimum atomic E-state index is -1.14. The van der Waals surface area contributed by atoms with Crippen molar-refractivity contribution in [3.05, 3.63) is 43.3 Å². The Kier molecular flexibility index (Phi) is 4.97. The molecule has 7 nitrogen and oxygen atoms in total. The molecular formula is C14H8Cl3N3O4S. The highest BCUT2D eigenvalue weighted by Gasteiger charge is 2.42. The zero-order valence-electron chi connectivity index (χ0n) is 12.5. The van der Waals surface area contributed by atoms with Crippen LogP contribution in [0.3, 0.4) is 0 Å². The Morgan fingerprint density at radius 1 is 1.20 bits per heavy atom. The molecule has 0 fully saturated rings. The van der Waals surface area contributed by atoms with E-state index in [1.807, 2.05) is 0 Å². The summed E-state index contributed by atoms with van der Waals surface area (Å²) < 4.78 is 8.98. The highest BCUT2D eigenvalue weighted by Crippen LogP contribution is 2.32. The number of hydrogen-bond donors (Lipinski definition) is 0. The minimum absolute atomic E-state index is 0.0887. The lowest BCUT2D eigenvalue weighted by Gasteiger charge is -2.20. The molecule has 2 heterocycles. The van der Waals surface area contributed by atoms with Crippen molar-refractivity contribution in [1.29, 1.82) is 0 Å². The maximum absolute atomic E-state index is 12.5. The fourth-order valence-electron chi connectivity index (χ4n) is 2.25. The van der Waals surface area contributed by atoms with Crippen LogP contribution < -0.4 is 0 Å². The van der Waals surface area contributed by atoms with E-state index in [9.17, 15) is 14.4 Å². The number of nitrogens with zero attached hydrogens (tertiary/aromatic N) is 3. The molecule has 2 aromatic rings. The van der Waals surface area contributed by atoms with Crippen LogP contribution in [0.2, 0.25) is 14.4 Å². The summed E-state index contributed by atoms with van der Waals surface area (Å²) in [6.07, 6.45) is 0. The van der Waals surface area contributed by atoms with Crippen LogP contribution >= 0.6 is 46.3 Å². The Bertz CT molecular complexity index is 860. The third kappa shape index (κ3) is 3.22. The van der Waals surface area contributed by atoms with E-state index in [1.165, 1.54) is 19.1 Å². The van der Waals surface area contributed by atoms with E-state index < -0.39 is 23.8 Å². The molecule has 0 radical (unpaired) electrons. The molecule has 1 atom stereocenters. The number of halogens is 3. The molecule has 1 aromatic carbocycles. The van der Waals surface area contributed by atoms with Gasteiger partial charge in [-0.15, -0.1) is 5.10 Å². The minimum Gasteiger partial charge on any atom is -0.457 e. The zero-order chi connectivity index (χ0) is 18.3. The number of rotatable bonds is 4. The molecule has 11 heteroatoms. The van der Waals surface area contributed by atoms with Gasteiger partial charge in [-0.05, 0) is 19.1 Å². The summed E-state index contributed by atoms with van der Waals surface area (Å²) >= 11 is 18.6. The number of aromatic nitrogens is 2. The average molecular weight is 421 g/mol. The molecule has 2 amide bonds. The summed E-state index contributed by atoms with van der Waals surface area (Å²) in [6.45, 7) is 1.17. The highest BCUT2D eigenvalue weighted by atomic mass is 35.5. The van der Waals surface area contributed by atoms with Gasteiger partial charge < -0.3 is 4.74 Å². The topological polar surface area (TPSA) is 89.5 Å². The standard InChI is InChI=1S/C14H8Cl3N3O4S/c1-5(14(23)24-4-10-11(17)25-19-18-10)20-12(21)6-2-8(15)9(16)3-7(6)13(20)22/h2-3,5H,4H2,1H3/t5-/m0/s1. The van der Waals surface area contributed by atoms with Crippen molar-refractivity contribution in [1.82, 2.24) is 14.5 Å². The number of carbonyl (C=O) groups is 3. The molecule has 0 aliphatic carbocycles. The first-order chi connectivity index (χ1) is 11.8. The van der Waals surface area contributed by atoms with Gasteiger partial charge in [-0.25, -0.2) is 4.79 Å². The quantitative estimate of drug-likeness (QED) is 0.557. The molecule has 0 unspecified atom stereocenters. The second kappa shape index (κ2) is 6.87. The first kappa shape index (κ1) is 18.1. The molecule has 1 aromatic heterocycles. The van der Waals surface area contributed by atoms with Gasteiger partial charge in [-0.1, -0.05) is 39.3 Å². The van der Waals surface area contributed by atoms with Gasteiger partial charge in [0.1, 0.15) is 22.7 Å². The van der Waals surface area contributed by atoms with E-state index in [2.05, 4.69) is 9.59 Å². The number of fused-ring (bicyclic) bond motifs is 1. The molecule has 1 aliphatic rings. The van der Waals surface area contributed by atoms with Crippen LogP contribution in [0.15, 0.2) is 12.1 Å². The normalized spacial score (nSPS) is 14.6. The summed E-state index contributed by atoms with van der Waals surface area (Å²) in [5.41, 5.74) is 0.477. The molecule has 0 bridgehead atoms. The van der Waals surface area contributed by atoms with Crippen molar-refractivity contribution < 1.29 is 19.1 Å². The largest absolute Gasteiger partial charge is 0.457 e. The van der Waals surface area contributed by atoms with Gasteiger partial charge >= 0.3 is 5.97 Å². The van der Waals surface area contributed by atoms with Crippen LogP contribution in [-0.4, -0.2) is 38.3 Å². The van der Waals surface area contributed by atoms with Crippen molar-refractivity contribution in [2.24, 2.45) is 0 Å². The van der Waals surface area contributed by atoms with Gasteiger partial charge in [0, 0.05) is 11.5 Å². The van der Waals surface area contributed by atoms with Crippen LogP contribution in [0.5, 0.6) is 0 Å². The molecule has 25 heavy (non-hydrogen) atoms. The second-order valence-electron chi connectivity index (χ2n) is 5.07. The van der Waals surface area contributed by atoms with E-state index in [0.717, 1.165) is 16.4 Å². The molecule has 1 aliphatic heterocycles. The van der Waals surface area contributed by atoms with Gasteiger partial charge in [0.2, 0.25) is 0 Å². The van der Waals surface area contributed by atoms with Gasteiger partial charge in [0.15, 0.2) is 0 Å². The van der Waals surface area contributed by atoms with E-state index in [0.29, 0.717) is 10.0 Å². The predicted molar refractivity (Wildman–Crippen MR) is 91.1 cm³/mol. The monoisotopic (exact) mass is 419 g/mol. The molecule has 3 rings (SSSR count). The number of esters is 1. The number of carbonyl (C=O) groups excluding carboxylic acids is 3. The van der Waals surface area contributed by atoms with E-state index in [4.69, 9.17) is 39.5 Å². The van der Waals surface area contributed by atoms with E-state index >= 15 is 0 Å². The molecule has 0 spiro atoms. The maximum Gasteiger partial charge on any atom is 0.329 e. The summed E-state index contributed by atoms with van der Waals surface area (Å²) in [4.78, 5) is 37.9. The van der Waals surface area contributed by atoms with E-state index in [-0.39, 0.29) is 27.8 Å². The van der Waals surface area contributed by atoms with Crippen molar-refractivity contribution in [2.75, 3.05) is 0 Å². The van der Waals surface area contributed by atoms with Crippen molar-refractivity contribution in [3.63, 3.8) is 0 Å². The number of benzene rings is 1. The molecule has 0 saturated carbocycles. The number of amides is 2. The number of hydrogen-bond acceptors (Lipinski definition) is 7. The molecule has 130 valence electrons. The lowest BCUT2D eigenvalue weighted by Crippen LogP contribution is -2.43. The predicted octanol–water partition coefficient (Wildman–Crippen LogP) is 3.23. The highest BCUT2D eigenvalue weighted by molar-refractivity contribution is 7.10. The molecular weight excluding hydrogens is 413 g/mol. The van der Waals surface area contributed by atoms with Gasteiger partial charge in [-0.2, -0.15) is 0 Å². The SMILES string of the molecule is C[C@@H](C(=O)OCc1nnsc1Cl)N1C(=O)c2cc(Cl)c(Cl)cc2C1=O. The second-order valence-corrected chi connectivity index (χ2v) is 7.24. The van der Waals surface area contributed by atoms with Crippen molar-refractivity contribution >= 4 is 64.1 Å². The van der Waals surface area contributed by atoms with Crippen LogP contribution in [-0.2, 0) is 16.1 Å². The molecule has 0 saturated heterocycles. The Labute approximate surface area is 160 Å². The fraction of sp³-hybridized carbons (Fsp3) is 0.214. The summed E-state index contributed by atoms with van der Waals surface area (Å²) in [7, 11) is 0. The van der Waals surface area contributed by atoms with Crippen molar-refractivity contribution in [3.8, 4) is 0 Å². The summed E-state index contributed by atoms with van der Waals surface area (Å²) in [5, 5.41) is 3.99. The Hall–Kier alpha value is -1.74. The number of ether oxygens (including phenoxy) is 1. The lowest BCUT2D eigenvalue weighted by atomic mass is 10.1. The van der Waals surface area contributed by atoms with Crippen molar-refractivity contribution in [2.45, 2.75) is 19.6 Å². The van der Waals surface area contributed by atoms with Gasteiger partial charge in [0.25, 0.3) is 11.8 Å². The van der Waals surface area contributed by atoms with Crippen LogP contribution in [0.1, 0.15) is 33.3 Å². The first-order valence-electron chi connectivity index (χ1n) is 6.81. The molecule has 0 N–H and O–H groups in total. The zero-order valence-corrected chi connectivity index (χ0v) is 15.5. The third-order valence-electron chi connectivity index (χ3n) is 3.55. The summed E-state index contributed by atoms with van der Waals surface area (Å²) in [5.74, 6) is -2.07. The Morgan fingerprint density at radius 3 is 2.24 bits per heavy atom. The van der Waals surface area contributed by atoms with E-state index in [1.54, 1.807) is 0 Å². The van der Waals surface area contributed by atoms with Gasteiger partial charge in [0.05, 0.1) is 21.2 Å². The Morgan fingerprint density at radius 2 is 1.76 bits per heavy atom. The lowest BCUT2D eigenvalue weighted by molar-refractivity contribution is -0.149. The fourth-order valence-corrected chi connectivity index (χ4v) is 3.18. The maximum atomic E-state index is 12.5.